The second-order valence-corrected chi connectivity index (χ2v) is 12.2. The van der Waals surface area contributed by atoms with E-state index < -0.39 is 10.0 Å². The molecule has 2 aliphatic heterocycles. The number of sulfonamides is 1. The van der Waals surface area contributed by atoms with Gasteiger partial charge in [-0.05, 0) is 73.5 Å². The molecule has 1 unspecified atom stereocenters. The first kappa shape index (κ1) is 25.5. The fraction of sp³-hybridized carbons (Fsp3) is 0.290. The van der Waals surface area contributed by atoms with E-state index in [1.807, 2.05) is 56.3 Å². The number of benzene rings is 3. The Morgan fingerprint density at radius 1 is 0.949 bits per heavy atom. The Kier molecular flexibility index (Phi) is 6.83. The van der Waals surface area contributed by atoms with Crippen LogP contribution in [0.4, 0.5) is 5.95 Å². The molecular formula is C31H32N4O3S. The summed E-state index contributed by atoms with van der Waals surface area (Å²) in [6, 6.07) is 25.6. The molecule has 0 spiro atoms. The average molecular weight is 541 g/mol. The number of fused-ring (bicyclic) bond motifs is 7. The van der Waals surface area contributed by atoms with Gasteiger partial charge in [-0.1, -0.05) is 60.7 Å². The van der Waals surface area contributed by atoms with E-state index in [0.717, 1.165) is 54.7 Å². The van der Waals surface area contributed by atoms with E-state index in [1.165, 1.54) is 5.56 Å². The van der Waals surface area contributed by atoms with Crippen molar-refractivity contribution < 1.29 is 13.2 Å². The highest BCUT2D eigenvalue weighted by Gasteiger charge is 2.29. The minimum Gasteiger partial charge on any atom is -0.473 e. The molecule has 6 rings (SSSR count). The van der Waals surface area contributed by atoms with Gasteiger partial charge in [-0.2, -0.15) is 4.98 Å². The number of ether oxygens (including phenoxy) is 1. The maximum Gasteiger partial charge on any atom is 0.264 e. The van der Waals surface area contributed by atoms with Crippen LogP contribution >= 0.6 is 0 Å². The van der Waals surface area contributed by atoms with Crippen molar-refractivity contribution in [1.82, 2.24) is 14.9 Å². The lowest BCUT2D eigenvalue weighted by molar-refractivity contribution is 0.132. The van der Waals surface area contributed by atoms with E-state index in [0.29, 0.717) is 11.6 Å². The molecule has 0 radical (unpaired) electrons. The van der Waals surface area contributed by atoms with Gasteiger partial charge in [0.05, 0.1) is 10.6 Å². The number of rotatable bonds is 3. The number of nitrogens with zero attached hydrogens (tertiary/aromatic N) is 3. The molecule has 1 aromatic heterocycles. The second-order valence-electron chi connectivity index (χ2n) is 10.5. The van der Waals surface area contributed by atoms with E-state index in [-0.39, 0.29) is 22.9 Å². The molecule has 8 heteroatoms. The fourth-order valence-corrected chi connectivity index (χ4v) is 6.76. The predicted molar refractivity (Wildman–Crippen MR) is 152 cm³/mol. The van der Waals surface area contributed by atoms with Gasteiger partial charge in [-0.25, -0.2) is 18.1 Å². The lowest BCUT2D eigenvalue weighted by atomic mass is 9.91. The molecular weight excluding hydrogens is 508 g/mol. The van der Waals surface area contributed by atoms with Crippen molar-refractivity contribution in [2.45, 2.75) is 50.2 Å². The van der Waals surface area contributed by atoms with Crippen LogP contribution in [0.25, 0.3) is 11.3 Å². The summed E-state index contributed by atoms with van der Waals surface area (Å²) in [5.74, 6) is 0.530. The zero-order valence-electron chi connectivity index (χ0n) is 22.2. The van der Waals surface area contributed by atoms with E-state index >= 15 is 0 Å². The van der Waals surface area contributed by atoms with E-state index in [2.05, 4.69) is 43.9 Å². The van der Waals surface area contributed by atoms with Crippen molar-refractivity contribution >= 4 is 16.0 Å². The smallest absolute Gasteiger partial charge is 0.264 e. The van der Waals surface area contributed by atoms with Gasteiger partial charge in [0.1, 0.15) is 6.10 Å². The van der Waals surface area contributed by atoms with Crippen LogP contribution in [-0.4, -0.2) is 42.5 Å². The second kappa shape index (κ2) is 10.4. The van der Waals surface area contributed by atoms with Crippen LogP contribution in [-0.2, 0) is 16.6 Å². The molecule has 200 valence electrons. The summed E-state index contributed by atoms with van der Waals surface area (Å²) in [5.41, 5.74) is 5.94. The molecule has 7 nitrogen and oxygen atoms in total. The summed E-state index contributed by atoms with van der Waals surface area (Å²) < 4.78 is 36.1. The SMILES string of the molecule is Cc1cccc(C)c1-c1cc2nc(n1)NS(=O)(=O)c1cccc(c1)C1CCN(Cc3ccccc3)C[C@@H](C1)O2. The van der Waals surface area contributed by atoms with Crippen LogP contribution in [0.1, 0.15) is 41.0 Å². The molecule has 1 fully saturated rings. The highest BCUT2D eigenvalue weighted by Crippen LogP contribution is 2.34. The zero-order chi connectivity index (χ0) is 27.0. The lowest BCUT2D eigenvalue weighted by Crippen LogP contribution is -2.34. The van der Waals surface area contributed by atoms with Gasteiger partial charge in [-0.15, -0.1) is 0 Å². The van der Waals surface area contributed by atoms with Crippen molar-refractivity contribution in [3.8, 4) is 17.1 Å². The minimum atomic E-state index is -3.89. The fourth-order valence-electron chi connectivity index (χ4n) is 5.76. The van der Waals surface area contributed by atoms with E-state index in [1.54, 1.807) is 12.1 Å². The zero-order valence-corrected chi connectivity index (χ0v) is 23.0. The number of nitrogens with one attached hydrogen (secondary N) is 1. The third-order valence-electron chi connectivity index (χ3n) is 7.64. The first-order chi connectivity index (χ1) is 18.8. The van der Waals surface area contributed by atoms with Crippen LogP contribution in [0.2, 0.25) is 0 Å². The number of hydrogen-bond donors (Lipinski definition) is 1. The minimum absolute atomic E-state index is 0.00226. The third kappa shape index (κ3) is 5.53. The summed E-state index contributed by atoms with van der Waals surface area (Å²) in [7, 11) is -3.89. The van der Waals surface area contributed by atoms with Crippen molar-refractivity contribution in [2.24, 2.45) is 0 Å². The van der Waals surface area contributed by atoms with E-state index in [9.17, 15) is 8.42 Å². The van der Waals surface area contributed by atoms with Gasteiger partial charge in [-0.3, -0.25) is 4.90 Å². The Hall–Kier alpha value is -3.75. The first-order valence-electron chi connectivity index (χ1n) is 13.4. The van der Waals surface area contributed by atoms with Gasteiger partial charge in [0.2, 0.25) is 11.8 Å². The summed E-state index contributed by atoms with van der Waals surface area (Å²) >= 11 is 0. The average Bonchev–Trinajstić information content (AvgIpc) is 3.10. The van der Waals surface area contributed by atoms with Crippen molar-refractivity contribution in [2.75, 3.05) is 17.8 Å². The van der Waals surface area contributed by atoms with Gasteiger partial charge >= 0.3 is 0 Å². The Morgan fingerprint density at radius 2 is 1.72 bits per heavy atom. The standard InChI is InChI=1S/C31H32N4O3S/c1-21-8-6-9-22(2)30(21)28-18-29-33-31(32-28)34-39(36,37)27-13-7-12-24(17-27)25-14-15-35(20-26(16-25)38-29)19-23-10-4-3-5-11-23/h3-13,17-18,25-26H,14-16,19-20H2,1-2H3,(H,32,33,34)/t25?,26-/m1/s1. The molecule has 3 aromatic carbocycles. The quantitative estimate of drug-likeness (QED) is 0.359. The number of hydrogen-bond acceptors (Lipinski definition) is 6. The molecule has 0 aliphatic carbocycles. The highest BCUT2D eigenvalue weighted by atomic mass is 32.2. The molecule has 1 saturated heterocycles. The molecule has 39 heavy (non-hydrogen) atoms. The third-order valence-corrected chi connectivity index (χ3v) is 8.97. The van der Waals surface area contributed by atoms with Crippen molar-refractivity contribution in [3.05, 3.63) is 101 Å². The molecule has 1 N–H and O–H groups in total. The Morgan fingerprint density at radius 3 is 2.51 bits per heavy atom. The topological polar surface area (TPSA) is 84.4 Å². The van der Waals surface area contributed by atoms with Crippen LogP contribution in [0.5, 0.6) is 5.88 Å². The number of anilines is 1. The van der Waals surface area contributed by atoms with Crippen molar-refractivity contribution in [1.29, 1.82) is 0 Å². The molecule has 4 aromatic rings. The Labute approximate surface area is 229 Å². The Bertz CT molecular complexity index is 1590. The highest BCUT2D eigenvalue weighted by molar-refractivity contribution is 7.92. The molecule has 0 amide bonds. The first-order valence-corrected chi connectivity index (χ1v) is 14.8. The van der Waals surface area contributed by atoms with Crippen LogP contribution in [0.15, 0.2) is 83.8 Å². The maximum absolute atomic E-state index is 13.4. The largest absolute Gasteiger partial charge is 0.473 e. The number of likely N-dealkylation sites (tertiary alicyclic amines) is 1. The van der Waals surface area contributed by atoms with Crippen molar-refractivity contribution in [3.63, 3.8) is 0 Å². The summed E-state index contributed by atoms with van der Waals surface area (Å²) in [4.78, 5) is 11.8. The molecule has 0 saturated carbocycles. The van der Waals surface area contributed by atoms with Crippen LogP contribution in [0, 0.1) is 13.8 Å². The monoisotopic (exact) mass is 540 g/mol. The predicted octanol–water partition coefficient (Wildman–Crippen LogP) is 5.70. The number of aromatic nitrogens is 2. The Balaban J connectivity index is 1.45. The van der Waals surface area contributed by atoms with Gasteiger partial charge < -0.3 is 4.74 Å². The summed E-state index contributed by atoms with van der Waals surface area (Å²) in [5, 5.41) is 0. The number of aryl methyl sites for hydroxylation is 2. The summed E-state index contributed by atoms with van der Waals surface area (Å²) in [6.07, 6.45) is 1.54. The van der Waals surface area contributed by atoms with E-state index in [4.69, 9.17) is 4.74 Å². The molecule has 2 atom stereocenters. The van der Waals surface area contributed by atoms with Crippen LogP contribution < -0.4 is 9.46 Å². The molecule has 2 aliphatic rings. The summed E-state index contributed by atoms with van der Waals surface area (Å²) in [6.45, 7) is 6.50. The lowest BCUT2D eigenvalue weighted by Gasteiger charge is -2.25. The molecule has 3 heterocycles. The molecule has 6 bridgehead atoms. The van der Waals surface area contributed by atoms with Gasteiger partial charge in [0, 0.05) is 24.7 Å². The van der Waals surface area contributed by atoms with Gasteiger partial charge in [0.15, 0.2) is 0 Å². The van der Waals surface area contributed by atoms with Gasteiger partial charge in [0.25, 0.3) is 10.0 Å². The van der Waals surface area contributed by atoms with Crippen LogP contribution in [0.3, 0.4) is 0 Å². The maximum atomic E-state index is 13.4. The normalized spacial score (nSPS) is 20.5.